The van der Waals surface area contributed by atoms with Gasteiger partial charge >= 0.3 is 5.97 Å². The van der Waals surface area contributed by atoms with E-state index in [1.165, 1.54) is 308 Å². The molecular formula is C74H139NO5. The summed E-state index contributed by atoms with van der Waals surface area (Å²) in [7, 11) is 0. The molecule has 0 aromatic heterocycles. The van der Waals surface area contributed by atoms with E-state index in [0.717, 1.165) is 51.4 Å². The van der Waals surface area contributed by atoms with Crippen LogP contribution >= 0.6 is 0 Å². The Hall–Kier alpha value is -2.18. The Morgan fingerprint density at radius 3 is 1.00 bits per heavy atom. The molecule has 6 heteroatoms. The summed E-state index contributed by atoms with van der Waals surface area (Å²) >= 11 is 0. The zero-order valence-corrected chi connectivity index (χ0v) is 53.8. The standard InChI is InChI=1S/C74H139NO5/c1-3-5-7-9-11-13-15-16-45-48-52-56-60-64-68-74(79)80-69-65-61-57-53-49-46-43-41-39-37-35-33-31-29-27-25-23-21-19-17-18-20-22-24-26-28-30-32-34-36-38-40-42-44-47-51-55-59-63-67-73(78)75-71(70-76)72(77)66-62-58-54-50-14-12-10-8-6-4-2/h9,11,15-18,62,66,71-72,76-77H,3-8,10,12-14,19-61,63-65,67-70H2,1-2H3,(H,75,78)/b11-9-,16-15-,18-17-,66-62+. The van der Waals surface area contributed by atoms with Crippen LogP contribution in [0.3, 0.4) is 0 Å². The molecule has 6 nitrogen and oxygen atoms in total. The Morgan fingerprint density at radius 2 is 0.637 bits per heavy atom. The highest BCUT2D eigenvalue weighted by Crippen LogP contribution is 2.18. The minimum Gasteiger partial charge on any atom is -0.466 e. The molecule has 0 aromatic carbocycles. The second-order valence-electron chi connectivity index (χ2n) is 24.6. The lowest BCUT2D eigenvalue weighted by atomic mass is 10.0. The molecule has 2 atom stereocenters. The highest BCUT2D eigenvalue weighted by Gasteiger charge is 2.18. The van der Waals surface area contributed by atoms with Crippen molar-refractivity contribution in [3.8, 4) is 0 Å². The van der Waals surface area contributed by atoms with E-state index in [1.54, 1.807) is 6.08 Å². The van der Waals surface area contributed by atoms with Gasteiger partial charge in [0.1, 0.15) is 0 Å². The smallest absolute Gasteiger partial charge is 0.305 e. The average molecular weight is 1120 g/mol. The van der Waals surface area contributed by atoms with Crippen molar-refractivity contribution < 1.29 is 24.5 Å². The molecule has 80 heavy (non-hydrogen) atoms. The number of carbonyl (C=O) groups is 2. The summed E-state index contributed by atoms with van der Waals surface area (Å²) in [5.41, 5.74) is 0. The quantitative estimate of drug-likeness (QED) is 0.0320. The Kier molecular flexibility index (Phi) is 67.4. The lowest BCUT2D eigenvalue weighted by molar-refractivity contribution is -0.143. The van der Waals surface area contributed by atoms with Crippen molar-refractivity contribution in [2.45, 2.75) is 398 Å². The van der Waals surface area contributed by atoms with Gasteiger partial charge in [0.25, 0.3) is 0 Å². The summed E-state index contributed by atoms with van der Waals surface area (Å²) < 4.78 is 5.48. The van der Waals surface area contributed by atoms with Crippen LogP contribution < -0.4 is 5.32 Å². The van der Waals surface area contributed by atoms with E-state index in [2.05, 4.69) is 55.6 Å². The Balaban J connectivity index is 3.31. The molecule has 0 heterocycles. The number of esters is 1. The number of hydrogen-bond donors (Lipinski definition) is 3. The van der Waals surface area contributed by atoms with Gasteiger partial charge in [-0.15, -0.1) is 0 Å². The van der Waals surface area contributed by atoms with Gasteiger partial charge in [-0.1, -0.05) is 339 Å². The van der Waals surface area contributed by atoms with Gasteiger partial charge < -0.3 is 20.3 Å². The fourth-order valence-corrected chi connectivity index (χ4v) is 11.1. The first-order valence-corrected chi connectivity index (χ1v) is 35.9. The van der Waals surface area contributed by atoms with Crippen molar-refractivity contribution in [1.29, 1.82) is 0 Å². The topological polar surface area (TPSA) is 95.9 Å². The van der Waals surface area contributed by atoms with Gasteiger partial charge in [-0.05, 0) is 83.5 Å². The largest absolute Gasteiger partial charge is 0.466 e. The lowest BCUT2D eigenvalue weighted by Gasteiger charge is -2.20. The van der Waals surface area contributed by atoms with Gasteiger partial charge in [-0.2, -0.15) is 0 Å². The lowest BCUT2D eigenvalue weighted by Crippen LogP contribution is -2.45. The maximum Gasteiger partial charge on any atom is 0.305 e. The van der Waals surface area contributed by atoms with Crippen LogP contribution in [-0.4, -0.2) is 47.4 Å². The van der Waals surface area contributed by atoms with E-state index in [9.17, 15) is 19.8 Å². The van der Waals surface area contributed by atoms with E-state index >= 15 is 0 Å². The molecule has 470 valence electrons. The van der Waals surface area contributed by atoms with Gasteiger partial charge in [0.05, 0.1) is 25.4 Å². The molecule has 0 aliphatic heterocycles. The van der Waals surface area contributed by atoms with Crippen LogP contribution in [0, 0.1) is 0 Å². The first-order chi connectivity index (χ1) is 39.5. The van der Waals surface area contributed by atoms with E-state index in [4.69, 9.17) is 4.74 Å². The Morgan fingerprint density at radius 1 is 0.350 bits per heavy atom. The third-order valence-electron chi connectivity index (χ3n) is 16.6. The molecule has 0 saturated heterocycles. The van der Waals surface area contributed by atoms with E-state index < -0.39 is 12.1 Å². The molecule has 0 radical (unpaired) electrons. The molecule has 3 N–H and O–H groups in total. The van der Waals surface area contributed by atoms with Gasteiger partial charge in [-0.3, -0.25) is 9.59 Å². The average Bonchev–Trinajstić information content (AvgIpc) is 3.46. The van der Waals surface area contributed by atoms with Crippen molar-refractivity contribution in [1.82, 2.24) is 5.32 Å². The van der Waals surface area contributed by atoms with Gasteiger partial charge in [0.15, 0.2) is 0 Å². The van der Waals surface area contributed by atoms with Crippen LogP contribution in [0.2, 0.25) is 0 Å². The normalized spacial score (nSPS) is 12.8. The highest BCUT2D eigenvalue weighted by molar-refractivity contribution is 5.76. The van der Waals surface area contributed by atoms with Crippen molar-refractivity contribution >= 4 is 11.9 Å². The first-order valence-electron chi connectivity index (χ1n) is 35.9. The number of aliphatic hydroxyl groups excluding tert-OH is 2. The molecule has 0 aromatic rings. The minimum atomic E-state index is -0.839. The molecule has 0 aliphatic carbocycles. The van der Waals surface area contributed by atoms with Crippen molar-refractivity contribution in [3.05, 3.63) is 48.6 Å². The molecule has 0 aliphatic rings. The van der Waals surface area contributed by atoms with Crippen LogP contribution in [0.5, 0.6) is 0 Å². The number of aliphatic hydroxyl groups is 2. The SMILES string of the molecule is CCCC/C=C\C/C=C\CCCCCCCC(=O)OCCCCCCCCCCCCCCCCCCCC/C=C\CCCCCCCCCCCCCCCCCCCC(=O)NC(CO)C(O)/C=C/CCCCCCCCCC. The molecule has 0 saturated carbocycles. The molecule has 2 unspecified atom stereocenters. The summed E-state index contributed by atoms with van der Waals surface area (Å²) in [6.07, 6.45) is 90.8. The van der Waals surface area contributed by atoms with Crippen LogP contribution in [0.1, 0.15) is 386 Å². The van der Waals surface area contributed by atoms with Gasteiger partial charge in [-0.25, -0.2) is 0 Å². The monoisotopic (exact) mass is 1120 g/mol. The summed E-state index contributed by atoms with van der Waals surface area (Å²) in [4.78, 5) is 24.5. The fourth-order valence-electron chi connectivity index (χ4n) is 11.1. The number of allylic oxidation sites excluding steroid dienone is 7. The van der Waals surface area contributed by atoms with Crippen molar-refractivity contribution in [2.24, 2.45) is 0 Å². The number of nitrogens with one attached hydrogen (secondary N) is 1. The summed E-state index contributed by atoms with van der Waals surface area (Å²) in [5.74, 6) is -0.0570. The predicted molar refractivity (Wildman–Crippen MR) is 352 cm³/mol. The number of ether oxygens (including phenoxy) is 1. The van der Waals surface area contributed by atoms with E-state index in [0.29, 0.717) is 19.4 Å². The van der Waals surface area contributed by atoms with Crippen LogP contribution in [0.25, 0.3) is 0 Å². The second kappa shape index (κ2) is 69.3. The molecule has 1 amide bonds. The third-order valence-corrected chi connectivity index (χ3v) is 16.6. The van der Waals surface area contributed by atoms with Crippen LogP contribution in [0.4, 0.5) is 0 Å². The maximum absolute atomic E-state index is 12.4. The molecule has 0 spiro atoms. The summed E-state index contributed by atoms with van der Waals surface area (Å²) in [5, 5.41) is 23.0. The minimum absolute atomic E-state index is 0.00753. The van der Waals surface area contributed by atoms with Gasteiger partial charge in [0.2, 0.25) is 5.91 Å². The predicted octanol–water partition coefficient (Wildman–Crippen LogP) is 23.3. The van der Waals surface area contributed by atoms with Gasteiger partial charge in [0, 0.05) is 12.8 Å². The number of carbonyl (C=O) groups excluding carboxylic acids is 2. The zero-order chi connectivity index (χ0) is 57.8. The summed E-state index contributed by atoms with van der Waals surface area (Å²) in [6.45, 7) is 4.86. The number of unbranched alkanes of at least 4 members (excludes halogenated alkanes) is 50. The zero-order valence-electron chi connectivity index (χ0n) is 53.8. The van der Waals surface area contributed by atoms with E-state index in [1.807, 2.05) is 6.08 Å². The Labute approximate surface area is 499 Å². The summed E-state index contributed by atoms with van der Waals surface area (Å²) in [6, 6.07) is -0.623. The van der Waals surface area contributed by atoms with Crippen LogP contribution in [0.15, 0.2) is 48.6 Å². The first kappa shape index (κ1) is 77.8. The molecular weight excluding hydrogens is 983 g/mol. The third kappa shape index (κ3) is 65.0. The highest BCUT2D eigenvalue weighted by atomic mass is 16.5. The van der Waals surface area contributed by atoms with Crippen molar-refractivity contribution in [3.63, 3.8) is 0 Å². The fraction of sp³-hybridized carbons (Fsp3) is 0.865. The molecule has 0 fully saturated rings. The van der Waals surface area contributed by atoms with Crippen molar-refractivity contribution in [2.75, 3.05) is 13.2 Å². The Bertz CT molecular complexity index is 1340. The molecule has 0 rings (SSSR count). The number of hydrogen-bond acceptors (Lipinski definition) is 5. The maximum atomic E-state index is 12.4. The second-order valence-corrected chi connectivity index (χ2v) is 24.6. The van der Waals surface area contributed by atoms with E-state index in [-0.39, 0.29) is 18.5 Å². The number of rotatable bonds is 67. The molecule has 0 bridgehead atoms. The number of amides is 1. The van der Waals surface area contributed by atoms with Crippen LogP contribution in [-0.2, 0) is 14.3 Å².